The predicted molar refractivity (Wildman–Crippen MR) is 94.6 cm³/mol. The van der Waals surface area contributed by atoms with E-state index in [9.17, 15) is 4.79 Å². The molecule has 120 valence electrons. The summed E-state index contributed by atoms with van der Waals surface area (Å²) < 4.78 is 0. The van der Waals surface area contributed by atoms with E-state index in [1.54, 1.807) is 0 Å². The summed E-state index contributed by atoms with van der Waals surface area (Å²) in [6, 6.07) is 18.1. The summed E-state index contributed by atoms with van der Waals surface area (Å²) in [7, 11) is 0. The van der Waals surface area contributed by atoms with Gasteiger partial charge in [-0.3, -0.25) is 0 Å². The molecule has 1 aliphatic rings. The average molecular weight is 309 g/mol. The van der Waals surface area contributed by atoms with Crippen molar-refractivity contribution in [3.63, 3.8) is 0 Å². The SMILES string of the molecule is CCN1CCC(NC(=O)Nc2ccccc2-c2ccccc2)C1. The molecule has 1 saturated heterocycles. The second kappa shape index (κ2) is 7.29. The lowest BCUT2D eigenvalue weighted by atomic mass is 10.0. The standard InChI is InChI=1S/C19H23N3O/c1-2-22-13-12-16(14-22)20-19(23)21-18-11-7-6-10-17(18)15-8-4-3-5-9-15/h3-11,16H,2,12-14H2,1H3,(H2,20,21,23). The number of benzene rings is 2. The molecule has 2 N–H and O–H groups in total. The van der Waals surface area contributed by atoms with Gasteiger partial charge in [0.25, 0.3) is 0 Å². The van der Waals surface area contributed by atoms with E-state index in [4.69, 9.17) is 0 Å². The van der Waals surface area contributed by atoms with Crippen LogP contribution in [0, 0.1) is 0 Å². The Morgan fingerprint density at radius 1 is 1.13 bits per heavy atom. The molecule has 0 radical (unpaired) electrons. The van der Waals surface area contributed by atoms with Gasteiger partial charge in [0, 0.05) is 24.7 Å². The Hall–Kier alpha value is -2.33. The first-order valence-corrected chi connectivity index (χ1v) is 8.20. The van der Waals surface area contributed by atoms with Crippen LogP contribution in [0.1, 0.15) is 13.3 Å². The minimum atomic E-state index is -0.128. The van der Waals surface area contributed by atoms with Gasteiger partial charge in [-0.2, -0.15) is 0 Å². The fourth-order valence-corrected chi connectivity index (χ4v) is 3.04. The van der Waals surface area contributed by atoms with E-state index in [-0.39, 0.29) is 12.1 Å². The van der Waals surface area contributed by atoms with E-state index in [2.05, 4.69) is 34.6 Å². The number of para-hydroxylation sites is 1. The van der Waals surface area contributed by atoms with Crippen LogP contribution in [0.5, 0.6) is 0 Å². The van der Waals surface area contributed by atoms with E-state index in [0.717, 1.165) is 42.9 Å². The monoisotopic (exact) mass is 309 g/mol. The normalized spacial score (nSPS) is 17.9. The van der Waals surface area contributed by atoms with Gasteiger partial charge in [-0.15, -0.1) is 0 Å². The minimum Gasteiger partial charge on any atom is -0.334 e. The van der Waals surface area contributed by atoms with E-state index in [0.29, 0.717) is 0 Å². The van der Waals surface area contributed by atoms with Crippen molar-refractivity contribution in [3.05, 3.63) is 54.6 Å². The van der Waals surface area contributed by atoms with Crippen LogP contribution in [0.15, 0.2) is 54.6 Å². The van der Waals surface area contributed by atoms with Crippen LogP contribution in [0.4, 0.5) is 10.5 Å². The molecule has 0 spiro atoms. The Bertz CT molecular complexity index is 657. The van der Waals surface area contributed by atoms with Gasteiger partial charge in [0.05, 0.1) is 5.69 Å². The minimum absolute atomic E-state index is 0.128. The number of likely N-dealkylation sites (N-methyl/N-ethyl adjacent to an activating group) is 1. The molecular formula is C19H23N3O. The maximum absolute atomic E-state index is 12.3. The van der Waals surface area contributed by atoms with Crippen molar-refractivity contribution >= 4 is 11.7 Å². The quantitative estimate of drug-likeness (QED) is 0.907. The first-order chi connectivity index (χ1) is 11.3. The predicted octanol–water partition coefficient (Wildman–Crippen LogP) is 3.57. The summed E-state index contributed by atoms with van der Waals surface area (Å²) in [4.78, 5) is 14.7. The van der Waals surface area contributed by atoms with E-state index in [1.807, 2.05) is 42.5 Å². The second-order valence-corrected chi connectivity index (χ2v) is 5.89. The zero-order chi connectivity index (χ0) is 16.1. The van der Waals surface area contributed by atoms with Crippen LogP contribution < -0.4 is 10.6 Å². The maximum Gasteiger partial charge on any atom is 0.319 e. The molecule has 2 aromatic rings. The van der Waals surface area contributed by atoms with Gasteiger partial charge in [0.2, 0.25) is 0 Å². The number of rotatable bonds is 4. The Morgan fingerprint density at radius 3 is 2.61 bits per heavy atom. The smallest absolute Gasteiger partial charge is 0.319 e. The molecule has 1 unspecified atom stereocenters. The van der Waals surface area contributed by atoms with Gasteiger partial charge < -0.3 is 15.5 Å². The molecular weight excluding hydrogens is 286 g/mol. The number of nitrogens with one attached hydrogen (secondary N) is 2. The Balaban J connectivity index is 1.67. The number of urea groups is 1. The largest absolute Gasteiger partial charge is 0.334 e. The van der Waals surface area contributed by atoms with Crippen molar-refractivity contribution in [2.24, 2.45) is 0 Å². The summed E-state index contributed by atoms with van der Waals surface area (Å²) in [6.07, 6.45) is 1.02. The van der Waals surface area contributed by atoms with Gasteiger partial charge >= 0.3 is 6.03 Å². The molecule has 1 heterocycles. The second-order valence-electron chi connectivity index (χ2n) is 5.89. The third kappa shape index (κ3) is 3.90. The number of likely N-dealkylation sites (tertiary alicyclic amines) is 1. The summed E-state index contributed by atoms with van der Waals surface area (Å²) in [5.41, 5.74) is 2.97. The fraction of sp³-hybridized carbons (Fsp3) is 0.316. The van der Waals surface area contributed by atoms with Gasteiger partial charge in [-0.25, -0.2) is 4.79 Å². The van der Waals surface area contributed by atoms with Crippen LogP contribution in [-0.2, 0) is 0 Å². The number of carbonyl (C=O) groups is 1. The highest BCUT2D eigenvalue weighted by atomic mass is 16.2. The number of hydrogen-bond donors (Lipinski definition) is 2. The number of nitrogens with zero attached hydrogens (tertiary/aromatic N) is 1. The summed E-state index contributed by atoms with van der Waals surface area (Å²) in [5, 5.41) is 6.08. The first kappa shape index (κ1) is 15.6. The van der Waals surface area contributed by atoms with Gasteiger partial charge in [-0.05, 0) is 24.6 Å². The molecule has 0 bridgehead atoms. The molecule has 4 nitrogen and oxygen atoms in total. The molecule has 1 fully saturated rings. The zero-order valence-corrected chi connectivity index (χ0v) is 13.5. The molecule has 1 aliphatic heterocycles. The van der Waals surface area contributed by atoms with Gasteiger partial charge in [-0.1, -0.05) is 55.5 Å². The third-order valence-corrected chi connectivity index (χ3v) is 4.31. The molecule has 0 aromatic heterocycles. The molecule has 4 heteroatoms. The number of hydrogen-bond acceptors (Lipinski definition) is 2. The molecule has 2 aromatic carbocycles. The Morgan fingerprint density at radius 2 is 1.87 bits per heavy atom. The fourth-order valence-electron chi connectivity index (χ4n) is 3.04. The molecule has 0 aliphatic carbocycles. The van der Waals surface area contributed by atoms with Crippen LogP contribution >= 0.6 is 0 Å². The van der Waals surface area contributed by atoms with E-state index in [1.165, 1.54) is 0 Å². The zero-order valence-electron chi connectivity index (χ0n) is 13.5. The van der Waals surface area contributed by atoms with Crippen molar-refractivity contribution in [1.82, 2.24) is 10.2 Å². The Labute approximate surface area is 137 Å². The van der Waals surface area contributed by atoms with Gasteiger partial charge in [0.1, 0.15) is 0 Å². The number of amides is 2. The molecule has 0 saturated carbocycles. The maximum atomic E-state index is 12.3. The van der Waals surface area contributed by atoms with Crippen LogP contribution in [0.3, 0.4) is 0 Å². The van der Waals surface area contributed by atoms with Crippen LogP contribution in [-0.4, -0.2) is 36.6 Å². The van der Waals surface area contributed by atoms with Crippen molar-refractivity contribution in [2.75, 3.05) is 25.0 Å². The highest BCUT2D eigenvalue weighted by molar-refractivity contribution is 5.94. The molecule has 1 atom stereocenters. The summed E-state index contributed by atoms with van der Waals surface area (Å²) in [5.74, 6) is 0. The lowest BCUT2D eigenvalue weighted by Gasteiger charge is -2.16. The summed E-state index contributed by atoms with van der Waals surface area (Å²) in [6.45, 7) is 5.18. The van der Waals surface area contributed by atoms with Crippen LogP contribution in [0.25, 0.3) is 11.1 Å². The number of anilines is 1. The summed E-state index contributed by atoms with van der Waals surface area (Å²) >= 11 is 0. The van der Waals surface area contributed by atoms with E-state index < -0.39 is 0 Å². The van der Waals surface area contributed by atoms with Crippen molar-refractivity contribution < 1.29 is 4.79 Å². The van der Waals surface area contributed by atoms with Crippen molar-refractivity contribution in [2.45, 2.75) is 19.4 Å². The topological polar surface area (TPSA) is 44.4 Å². The van der Waals surface area contributed by atoms with Crippen LogP contribution in [0.2, 0.25) is 0 Å². The lowest BCUT2D eigenvalue weighted by Crippen LogP contribution is -2.39. The molecule has 23 heavy (non-hydrogen) atoms. The van der Waals surface area contributed by atoms with Crippen molar-refractivity contribution in [3.8, 4) is 11.1 Å². The van der Waals surface area contributed by atoms with E-state index >= 15 is 0 Å². The van der Waals surface area contributed by atoms with Crippen molar-refractivity contribution in [1.29, 1.82) is 0 Å². The van der Waals surface area contributed by atoms with Gasteiger partial charge in [0.15, 0.2) is 0 Å². The first-order valence-electron chi connectivity index (χ1n) is 8.20. The highest BCUT2D eigenvalue weighted by Crippen LogP contribution is 2.27. The third-order valence-electron chi connectivity index (χ3n) is 4.31. The molecule has 3 rings (SSSR count). The lowest BCUT2D eigenvalue weighted by molar-refractivity contribution is 0.248. The number of carbonyl (C=O) groups excluding carboxylic acids is 1. The molecule has 2 amide bonds. The Kier molecular flexibility index (Phi) is 4.93. The average Bonchev–Trinajstić information content (AvgIpc) is 3.03. The highest BCUT2D eigenvalue weighted by Gasteiger charge is 2.22.